The molecule has 4 heteroatoms. The molecule has 0 saturated carbocycles. The zero-order valence-corrected chi connectivity index (χ0v) is 7.72. The van der Waals surface area contributed by atoms with Crippen molar-refractivity contribution in [3.8, 4) is 0 Å². The Labute approximate surface area is 71.9 Å². The average molecular weight is 169 g/mol. The second-order valence-corrected chi connectivity index (χ2v) is 4.14. The second kappa shape index (κ2) is 2.69. The lowest BCUT2D eigenvalue weighted by Gasteiger charge is -2.15. The number of hydrogen-bond donors (Lipinski definition) is 2. The quantitative estimate of drug-likeness (QED) is 0.666. The van der Waals surface area contributed by atoms with Crippen LogP contribution in [0.1, 0.15) is 26.5 Å². The molecule has 0 saturated heterocycles. The summed E-state index contributed by atoms with van der Waals surface area (Å²) in [6.07, 6.45) is 0.777. The van der Waals surface area contributed by atoms with Crippen LogP contribution >= 0.6 is 0 Å². The molecule has 1 aromatic rings. The minimum atomic E-state index is 0.150. The number of aromatic nitrogens is 1. The third-order valence-electron chi connectivity index (χ3n) is 1.53. The molecule has 0 radical (unpaired) electrons. The molecule has 0 aliphatic heterocycles. The van der Waals surface area contributed by atoms with Gasteiger partial charge in [0.2, 0.25) is 5.88 Å². The molecule has 68 valence electrons. The first kappa shape index (κ1) is 8.90. The van der Waals surface area contributed by atoms with Gasteiger partial charge in [0.25, 0.3) is 0 Å². The molecule has 0 spiro atoms. The van der Waals surface area contributed by atoms with Crippen LogP contribution < -0.4 is 11.5 Å². The molecular formula is C8H15N3O. The zero-order chi connectivity index (χ0) is 9.35. The summed E-state index contributed by atoms with van der Waals surface area (Å²) in [5.74, 6) is 0.217. The van der Waals surface area contributed by atoms with Crippen molar-refractivity contribution in [3.05, 3.63) is 5.69 Å². The number of nitrogens with zero attached hydrogens (tertiary/aromatic N) is 1. The smallest absolute Gasteiger partial charge is 0.245 e. The van der Waals surface area contributed by atoms with Gasteiger partial charge < -0.3 is 16.0 Å². The molecule has 0 fully saturated rings. The van der Waals surface area contributed by atoms with Crippen LogP contribution in [0.25, 0.3) is 0 Å². The van der Waals surface area contributed by atoms with Crippen LogP contribution in [-0.2, 0) is 6.42 Å². The Balaban J connectivity index is 2.83. The van der Waals surface area contributed by atoms with Crippen molar-refractivity contribution in [2.24, 2.45) is 5.41 Å². The number of rotatable bonds is 1. The van der Waals surface area contributed by atoms with Gasteiger partial charge >= 0.3 is 0 Å². The summed E-state index contributed by atoms with van der Waals surface area (Å²) < 4.78 is 4.74. The lowest BCUT2D eigenvalue weighted by Crippen LogP contribution is -2.10. The van der Waals surface area contributed by atoms with Crippen molar-refractivity contribution in [2.45, 2.75) is 27.2 Å². The van der Waals surface area contributed by atoms with Crippen molar-refractivity contribution in [1.82, 2.24) is 5.16 Å². The van der Waals surface area contributed by atoms with E-state index in [2.05, 4.69) is 25.9 Å². The fourth-order valence-electron chi connectivity index (χ4n) is 0.975. The lowest BCUT2D eigenvalue weighted by atomic mass is 9.90. The van der Waals surface area contributed by atoms with Gasteiger partial charge in [0.05, 0.1) is 0 Å². The van der Waals surface area contributed by atoms with E-state index in [1.165, 1.54) is 0 Å². The minimum Gasteiger partial charge on any atom is -0.393 e. The molecular weight excluding hydrogens is 154 g/mol. The summed E-state index contributed by atoms with van der Waals surface area (Å²) in [5.41, 5.74) is 12.4. The Kier molecular flexibility index (Phi) is 2.00. The van der Waals surface area contributed by atoms with Crippen LogP contribution in [0.3, 0.4) is 0 Å². The van der Waals surface area contributed by atoms with E-state index in [-0.39, 0.29) is 11.3 Å². The van der Waals surface area contributed by atoms with E-state index in [0.717, 1.165) is 12.1 Å². The van der Waals surface area contributed by atoms with Crippen LogP contribution in [0.5, 0.6) is 0 Å². The summed E-state index contributed by atoms with van der Waals surface area (Å²) in [7, 11) is 0. The summed E-state index contributed by atoms with van der Waals surface area (Å²) >= 11 is 0. The SMILES string of the molecule is CC(C)(C)Cc1noc(N)c1N. The molecule has 0 amide bonds. The van der Waals surface area contributed by atoms with Gasteiger partial charge in [0.1, 0.15) is 11.4 Å². The fraction of sp³-hybridized carbons (Fsp3) is 0.625. The number of anilines is 2. The molecule has 4 N–H and O–H groups in total. The van der Waals surface area contributed by atoms with Crippen LogP contribution in [0.15, 0.2) is 4.52 Å². The highest BCUT2D eigenvalue weighted by Gasteiger charge is 2.17. The van der Waals surface area contributed by atoms with Crippen LogP contribution in [0, 0.1) is 5.41 Å². The first-order valence-electron chi connectivity index (χ1n) is 3.89. The van der Waals surface area contributed by atoms with Crippen molar-refractivity contribution in [3.63, 3.8) is 0 Å². The molecule has 0 unspecified atom stereocenters. The maximum Gasteiger partial charge on any atom is 0.245 e. The van der Waals surface area contributed by atoms with E-state index in [1.807, 2.05) is 0 Å². The Morgan fingerprint density at radius 2 is 1.92 bits per heavy atom. The maximum atomic E-state index is 5.63. The standard InChI is InChI=1S/C8H15N3O/c1-8(2,3)4-5-6(9)7(10)12-11-5/h4,9-10H2,1-3H3. The van der Waals surface area contributed by atoms with Crippen molar-refractivity contribution >= 4 is 11.6 Å². The predicted molar refractivity (Wildman–Crippen MR) is 48.5 cm³/mol. The molecule has 1 aromatic heterocycles. The second-order valence-electron chi connectivity index (χ2n) is 4.14. The van der Waals surface area contributed by atoms with Crippen molar-refractivity contribution in [1.29, 1.82) is 0 Å². The first-order valence-corrected chi connectivity index (χ1v) is 3.89. The van der Waals surface area contributed by atoms with Crippen molar-refractivity contribution in [2.75, 3.05) is 11.5 Å². The van der Waals surface area contributed by atoms with Crippen LogP contribution in [0.4, 0.5) is 11.6 Å². The minimum absolute atomic E-state index is 0.150. The van der Waals surface area contributed by atoms with Gasteiger partial charge in [-0.25, -0.2) is 0 Å². The number of nitrogens with two attached hydrogens (primary N) is 2. The summed E-state index contributed by atoms with van der Waals surface area (Å²) in [6.45, 7) is 6.33. The molecule has 4 nitrogen and oxygen atoms in total. The average Bonchev–Trinajstić information content (AvgIpc) is 2.16. The molecule has 12 heavy (non-hydrogen) atoms. The van der Waals surface area contributed by atoms with Crippen molar-refractivity contribution < 1.29 is 4.52 Å². The Bertz CT molecular complexity index is 272. The molecule has 0 atom stereocenters. The monoisotopic (exact) mass is 169 g/mol. The van der Waals surface area contributed by atoms with E-state index in [1.54, 1.807) is 0 Å². The van der Waals surface area contributed by atoms with Gasteiger partial charge in [0, 0.05) is 6.42 Å². The maximum absolute atomic E-state index is 5.63. The topological polar surface area (TPSA) is 78.1 Å². The fourth-order valence-corrected chi connectivity index (χ4v) is 0.975. The van der Waals surface area contributed by atoms with Crippen LogP contribution in [-0.4, -0.2) is 5.16 Å². The highest BCUT2D eigenvalue weighted by molar-refractivity contribution is 5.59. The van der Waals surface area contributed by atoms with Gasteiger partial charge in [-0.3, -0.25) is 0 Å². The third-order valence-corrected chi connectivity index (χ3v) is 1.53. The van der Waals surface area contributed by atoms with Gasteiger partial charge in [-0.05, 0) is 5.41 Å². The van der Waals surface area contributed by atoms with E-state index in [0.29, 0.717) is 5.69 Å². The highest BCUT2D eigenvalue weighted by atomic mass is 16.5. The largest absolute Gasteiger partial charge is 0.393 e. The molecule has 0 aromatic carbocycles. The van der Waals surface area contributed by atoms with E-state index >= 15 is 0 Å². The lowest BCUT2D eigenvalue weighted by molar-refractivity contribution is 0.377. The van der Waals surface area contributed by atoms with Crippen LogP contribution in [0.2, 0.25) is 0 Å². The predicted octanol–water partition coefficient (Wildman–Crippen LogP) is 1.43. The summed E-state index contributed by atoms with van der Waals surface area (Å²) in [6, 6.07) is 0. The molecule has 0 bridgehead atoms. The van der Waals surface area contributed by atoms with Gasteiger partial charge in [-0.15, -0.1) is 0 Å². The van der Waals surface area contributed by atoms with Gasteiger partial charge in [0.15, 0.2) is 0 Å². The molecule has 0 aliphatic rings. The van der Waals surface area contributed by atoms with Gasteiger partial charge in [-0.1, -0.05) is 25.9 Å². The van der Waals surface area contributed by atoms with E-state index < -0.39 is 0 Å². The number of hydrogen-bond acceptors (Lipinski definition) is 4. The Morgan fingerprint density at radius 3 is 2.25 bits per heavy atom. The number of nitrogen functional groups attached to an aromatic ring is 2. The van der Waals surface area contributed by atoms with Gasteiger partial charge in [-0.2, -0.15) is 0 Å². The summed E-state index contributed by atoms with van der Waals surface area (Å²) in [4.78, 5) is 0. The molecule has 1 heterocycles. The molecule has 0 aliphatic carbocycles. The van der Waals surface area contributed by atoms with E-state index in [4.69, 9.17) is 16.0 Å². The summed E-state index contributed by atoms with van der Waals surface area (Å²) in [5, 5.41) is 3.78. The van der Waals surface area contributed by atoms with E-state index in [9.17, 15) is 0 Å². The zero-order valence-electron chi connectivity index (χ0n) is 7.72. The normalized spacial score (nSPS) is 11.9. The first-order chi connectivity index (χ1) is 5.40. The Morgan fingerprint density at radius 1 is 1.33 bits per heavy atom. The highest BCUT2D eigenvalue weighted by Crippen LogP contribution is 2.26. The third kappa shape index (κ3) is 1.90. The Hall–Kier alpha value is -1.19. The molecule has 1 rings (SSSR count).